The summed E-state index contributed by atoms with van der Waals surface area (Å²) in [7, 11) is 1.86. The van der Waals surface area contributed by atoms with Crippen LogP contribution in [0.25, 0.3) is 0 Å². The van der Waals surface area contributed by atoms with Gasteiger partial charge in [-0.1, -0.05) is 13.8 Å². The molecule has 0 aliphatic carbocycles. The number of ether oxygens (including phenoxy) is 1. The molecule has 0 aliphatic rings. The zero-order valence-electron chi connectivity index (χ0n) is 9.87. The van der Waals surface area contributed by atoms with E-state index >= 15 is 0 Å². The number of nitrogens with one attached hydrogen (secondary N) is 1. The third-order valence-electron chi connectivity index (χ3n) is 2.38. The van der Waals surface area contributed by atoms with Crippen molar-refractivity contribution in [3.63, 3.8) is 0 Å². The van der Waals surface area contributed by atoms with E-state index in [2.05, 4.69) is 29.1 Å². The molecule has 0 bridgehead atoms. The highest BCUT2D eigenvalue weighted by Gasteiger charge is 2.11. The molecule has 1 aromatic rings. The summed E-state index contributed by atoms with van der Waals surface area (Å²) in [6.07, 6.45) is 3.56. The zero-order chi connectivity index (χ0) is 11.3. The zero-order valence-corrected chi connectivity index (χ0v) is 9.87. The van der Waals surface area contributed by atoms with Crippen molar-refractivity contribution < 1.29 is 4.74 Å². The monoisotopic (exact) mass is 209 g/mol. The van der Waals surface area contributed by atoms with Crippen molar-refractivity contribution in [3.8, 4) is 5.88 Å². The summed E-state index contributed by atoms with van der Waals surface area (Å²) in [6.45, 7) is 6.21. The van der Waals surface area contributed by atoms with E-state index in [1.54, 1.807) is 0 Å². The summed E-state index contributed by atoms with van der Waals surface area (Å²) in [5.74, 6) is 1.55. The Balaban J connectivity index is 2.95. The van der Waals surface area contributed by atoms with Gasteiger partial charge in [-0.15, -0.1) is 0 Å². The predicted octanol–water partition coefficient (Wildman–Crippen LogP) is 2.26. The van der Waals surface area contributed by atoms with Crippen molar-refractivity contribution in [2.75, 3.05) is 12.4 Å². The second-order valence-electron chi connectivity index (χ2n) is 3.45. The molecule has 0 fully saturated rings. The summed E-state index contributed by atoms with van der Waals surface area (Å²) < 4.78 is 5.74. The first-order valence-corrected chi connectivity index (χ1v) is 5.41. The predicted molar refractivity (Wildman–Crippen MR) is 61.3 cm³/mol. The maximum absolute atomic E-state index is 5.74. The lowest BCUT2D eigenvalue weighted by atomic mass is 10.2. The Kier molecular flexibility index (Phi) is 4.34. The topological polar surface area (TPSA) is 47.0 Å². The van der Waals surface area contributed by atoms with Crippen LogP contribution < -0.4 is 10.1 Å². The number of hydrogen-bond donors (Lipinski definition) is 1. The molecular weight excluding hydrogens is 190 g/mol. The van der Waals surface area contributed by atoms with E-state index in [0.29, 0.717) is 5.88 Å². The molecule has 0 saturated heterocycles. The van der Waals surface area contributed by atoms with Gasteiger partial charge in [-0.2, -0.15) is 0 Å². The first-order valence-electron chi connectivity index (χ1n) is 5.41. The smallest absolute Gasteiger partial charge is 0.222 e. The molecule has 4 nitrogen and oxygen atoms in total. The molecule has 4 heteroatoms. The van der Waals surface area contributed by atoms with E-state index in [1.807, 2.05) is 14.0 Å². The fourth-order valence-corrected chi connectivity index (χ4v) is 1.31. The highest BCUT2D eigenvalue weighted by Crippen LogP contribution is 2.23. The molecule has 1 heterocycles. The maximum Gasteiger partial charge on any atom is 0.222 e. The molecule has 1 N–H and O–H groups in total. The number of nitrogens with zero attached hydrogens (tertiary/aromatic N) is 2. The minimum absolute atomic E-state index is 0.190. The number of hydrogen-bond acceptors (Lipinski definition) is 4. The Morgan fingerprint density at radius 3 is 2.67 bits per heavy atom. The van der Waals surface area contributed by atoms with E-state index in [1.165, 1.54) is 6.33 Å². The Hall–Kier alpha value is -1.32. The highest BCUT2D eigenvalue weighted by molar-refractivity contribution is 5.48. The molecule has 1 unspecified atom stereocenters. The van der Waals surface area contributed by atoms with E-state index in [0.717, 1.165) is 24.2 Å². The van der Waals surface area contributed by atoms with Crippen molar-refractivity contribution >= 4 is 5.82 Å². The van der Waals surface area contributed by atoms with Crippen molar-refractivity contribution in [1.82, 2.24) is 9.97 Å². The second kappa shape index (κ2) is 5.53. The van der Waals surface area contributed by atoms with Gasteiger partial charge in [-0.25, -0.2) is 9.97 Å². The van der Waals surface area contributed by atoms with Crippen LogP contribution >= 0.6 is 0 Å². The van der Waals surface area contributed by atoms with Crippen LogP contribution in [0.3, 0.4) is 0 Å². The lowest BCUT2D eigenvalue weighted by molar-refractivity contribution is 0.206. The van der Waals surface area contributed by atoms with Crippen LogP contribution in [-0.2, 0) is 6.42 Å². The molecule has 0 radical (unpaired) electrons. The first-order chi connectivity index (χ1) is 7.22. The second-order valence-corrected chi connectivity index (χ2v) is 3.45. The highest BCUT2D eigenvalue weighted by atomic mass is 16.5. The molecule has 15 heavy (non-hydrogen) atoms. The summed E-state index contributed by atoms with van der Waals surface area (Å²) in [4.78, 5) is 8.33. The molecule has 1 aromatic heterocycles. The van der Waals surface area contributed by atoms with Crippen LogP contribution in [0.4, 0.5) is 5.82 Å². The van der Waals surface area contributed by atoms with Gasteiger partial charge in [-0.05, 0) is 19.8 Å². The van der Waals surface area contributed by atoms with E-state index < -0.39 is 0 Å². The van der Waals surface area contributed by atoms with Crippen LogP contribution in [0.1, 0.15) is 32.8 Å². The summed E-state index contributed by atoms with van der Waals surface area (Å²) in [6, 6.07) is 0. The summed E-state index contributed by atoms with van der Waals surface area (Å²) >= 11 is 0. The van der Waals surface area contributed by atoms with Crippen LogP contribution in [-0.4, -0.2) is 23.1 Å². The molecule has 0 aromatic carbocycles. The molecule has 0 amide bonds. The van der Waals surface area contributed by atoms with Crippen molar-refractivity contribution in [2.45, 2.75) is 39.7 Å². The third-order valence-corrected chi connectivity index (χ3v) is 2.38. The Bertz CT molecular complexity index is 315. The fourth-order valence-electron chi connectivity index (χ4n) is 1.31. The normalized spacial score (nSPS) is 12.3. The molecule has 0 spiro atoms. The van der Waals surface area contributed by atoms with Gasteiger partial charge in [0.15, 0.2) is 0 Å². The largest absolute Gasteiger partial charge is 0.474 e. The van der Waals surface area contributed by atoms with Gasteiger partial charge in [0.2, 0.25) is 5.88 Å². The molecule has 1 rings (SSSR count). The van der Waals surface area contributed by atoms with Crippen molar-refractivity contribution in [3.05, 3.63) is 11.9 Å². The van der Waals surface area contributed by atoms with E-state index in [9.17, 15) is 0 Å². The first kappa shape index (κ1) is 11.8. The average molecular weight is 209 g/mol. The molecule has 0 aliphatic heterocycles. The minimum Gasteiger partial charge on any atom is -0.474 e. The molecule has 0 saturated carbocycles. The third kappa shape index (κ3) is 2.81. The maximum atomic E-state index is 5.74. The fraction of sp³-hybridized carbons (Fsp3) is 0.636. The minimum atomic E-state index is 0.190. The van der Waals surface area contributed by atoms with Crippen LogP contribution in [0, 0.1) is 0 Å². The van der Waals surface area contributed by atoms with Gasteiger partial charge >= 0.3 is 0 Å². The average Bonchev–Trinajstić information content (AvgIpc) is 2.28. The van der Waals surface area contributed by atoms with Crippen molar-refractivity contribution in [1.29, 1.82) is 0 Å². The van der Waals surface area contributed by atoms with Crippen molar-refractivity contribution in [2.24, 2.45) is 0 Å². The van der Waals surface area contributed by atoms with Crippen LogP contribution in [0.5, 0.6) is 5.88 Å². The standard InChI is InChI=1S/C11H19N3O/c1-5-8(3)15-11-9(6-2)10(12-4)13-7-14-11/h7-8H,5-6H2,1-4H3,(H,12,13,14). The van der Waals surface area contributed by atoms with Crippen LogP contribution in [0.2, 0.25) is 0 Å². The summed E-state index contributed by atoms with van der Waals surface area (Å²) in [5, 5.41) is 3.05. The van der Waals surface area contributed by atoms with E-state index in [-0.39, 0.29) is 6.10 Å². The Labute approximate surface area is 91.1 Å². The molecule has 84 valence electrons. The van der Waals surface area contributed by atoms with E-state index in [4.69, 9.17) is 4.74 Å². The Morgan fingerprint density at radius 1 is 1.40 bits per heavy atom. The quantitative estimate of drug-likeness (QED) is 0.808. The number of anilines is 1. The van der Waals surface area contributed by atoms with Gasteiger partial charge in [0, 0.05) is 7.05 Å². The number of aromatic nitrogens is 2. The van der Waals surface area contributed by atoms with Crippen LogP contribution in [0.15, 0.2) is 6.33 Å². The lowest BCUT2D eigenvalue weighted by Crippen LogP contribution is -2.13. The lowest BCUT2D eigenvalue weighted by Gasteiger charge is -2.15. The summed E-state index contributed by atoms with van der Waals surface area (Å²) in [5.41, 5.74) is 1.04. The molecular formula is C11H19N3O. The van der Waals surface area contributed by atoms with Gasteiger partial charge in [-0.3, -0.25) is 0 Å². The molecule has 1 atom stereocenters. The SMILES string of the molecule is CCc1c(NC)ncnc1OC(C)CC. The van der Waals surface area contributed by atoms with Gasteiger partial charge < -0.3 is 10.1 Å². The van der Waals surface area contributed by atoms with Gasteiger partial charge in [0.05, 0.1) is 11.7 Å². The van der Waals surface area contributed by atoms with Gasteiger partial charge in [0.1, 0.15) is 12.1 Å². The van der Waals surface area contributed by atoms with Gasteiger partial charge in [0.25, 0.3) is 0 Å². The number of rotatable bonds is 5. The Morgan fingerprint density at radius 2 is 2.13 bits per heavy atom.